The highest BCUT2D eigenvalue weighted by Crippen LogP contribution is 2.37. The maximum atomic E-state index is 6.16. The van der Waals surface area contributed by atoms with E-state index in [1.54, 1.807) is 18.3 Å². The third-order valence-electron chi connectivity index (χ3n) is 4.22. The van der Waals surface area contributed by atoms with E-state index in [1.165, 1.54) is 32.1 Å². The second kappa shape index (κ2) is 7.89. The molecule has 0 bridgehead atoms. The summed E-state index contributed by atoms with van der Waals surface area (Å²) in [4.78, 5) is 8.74. The molecule has 0 aliphatic heterocycles. The van der Waals surface area contributed by atoms with E-state index >= 15 is 0 Å². The standard InChI is InChI=1S/C17H18BrCl2N3O/c18-12-9-22-17(23-15(12)6-10-4-2-1-3-5-10)24-16-13(19)7-11(21)8-14(16)20/h7-10H,1-6,21H2. The first kappa shape index (κ1) is 17.8. The number of hydrogen-bond donors (Lipinski definition) is 1. The number of benzene rings is 1. The van der Waals surface area contributed by atoms with Crippen LogP contribution in [0, 0.1) is 5.92 Å². The summed E-state index contributed by atoms with van der Waals surface area (Å²) in [6.07, 6.45) is 9.07. The number of rotatable bonds is 4. The fourth-order valence-corrected chi connectivity index (χ4v) is 3.94. The molecule has 0 radical (unpaired) electrons. The van der Waals surface area contributed by atoms with Crippen molar-refractivity contribution in [3.05, 3.63) is 38.5 Å². The Kier molecular flexibility index (Phi) is 5.85. The largest absolute Gasteiger partial charge is 0.421 e. The van der Waals surface area contributed by atoms with Crippen molar-refractivity contribution in [3.63, 3.8) is 0 Å². The van der Waals surface area contributed by atoms with Crippen molar-refractivity contribution in [2.24, 2.45) is 5.92 Å². The Morgan fingerprint density at radius 2 is 1.83 bits per heavy atom. The van der Waals surface area contributed by atoms with Crippen molar-refractivity contribution in [1.82, 2.24) is 9.97 Å². The number of nitrogens with zero attached hydrogens (tertiary/aromatic N) is 2. The predicted molar refractivity (Wildman–Crippen MR) is 101 cm³/mol. The molecule has 1 aliphatic rings. The SMILES string of the molecule is Nc1cc(Cl)c(Oc2ncc(Br)c(CC3CCCCC3)n2)c(Cl)c1. The lowest BCUT2D eigenvalue weighted by Gasteiger charge is -2.21. The lowest BCUT2D eigenvalue weighted by molar-refractivity contribution is 0.351. The highest BCUT2D eigenvalue weighted by Gasteiger charge is 2.18. The molecule has 2 aromatic rings. The first-order valence-electron chi connectivity index (χ1n) is 7.96. The Hall–Kier alpha value is -1.04. The number of nitrogen functional groups attached to an aromatic ring is 1. The van der Waals surface area contributed by atoms with Crippen molar-refractivity contribution in [2.75, 3.05) is 5.73 Å². The minimum atomic E-state index is 0.234. The van der Waals surface area contributed by atoms with Crippen LogP contribution in [0.2, 0.25) is 10.0 Å². The first-order chi connectivity index (χ1) is 11.5. The second-order valence-electron chi connectivity index (χ2n) is 6.07. The molecule has 1 aromatic carbocycles. The third kappa shape index (κ3) is 4.32. The molecule has 128 valence electrons. The minimum absolute atomic E-state index is 0.234. The van der Waals surface area contributed by atoms with Crippen LogP contribution in [-0.4, -0.2) is 9.97 Å². The van der Waals surface area contributed by atoms with Gasteiger partial charge in [0.2, 0.25) is 0 Å². The zero-order valence-corrected chi connectivity index (χ0v) is 16.2. The van der Waals surface area contributed by atoms with E-state index in [1.807, 2.05) is 0 Å². The van der Waals surface area contributed by atoms with Gasteiger partial charge in [0.15, 0.2) is 5.75 Å². The van der Waals surface area contributed by atoms with Gasteiger partial charge in [-0.25, -0.2) is 4.98 Å². The molecular formula is C17H18BrCl2N3O. The van der Waals surface area contributed by atoms with E-state index in [9.17, 15) is 0 Å². The number of nitrogens with two attached hydrogens (primary N) is 1. The van der Waals surface area contributed by atoms with E-state index in [2.05, 4.69) is 25.9 Å². The van der Waals surface area contributed by atoms with Crippen LogP contribution in [0.15, 0.2) is 22.8 Å². The van der Waals surface area contributed by atoms with Crippen LogP contribution in [0.3, 0.4) is 0 Å². The minimum Gasteiger partial charge on any atom is -0.421 e. The average Bonchev–Trinajstić information content (AvgIpc) is 2.55. The normalized spacial score (nSPS) is 15.5. The van der Waals surface area contributed by atoms with Crippen LogP contribution < -0.4 is 10.5 Å². The lowest BCUT2D eigenvalue weighted by Crippen LogP contribution is -2.11. The maximum absolute atomic E-state index is 6.16. The van der Waals surface area contributed by atoms with Crippen LogP contribution in [0.5, 0.6) is 11.8 Å². The van der Waals surface area contributed by atoms with Crippen molar-refractivity contribution < 1.29 is 4.74 Å². The number of ether oxygens (including phenoxy) is 1. The highest BCUT2D eigenvalue weighted by molar-refractivity contribution is 9.10. The van der Waals surface area contributed by atoms with Crippen molar-refractivity contribution in [1.29, 1.82) is 0 Å². The van der Waals surface area contributed by atoms with E-state index in [0.29, 0.717) is 27.4 Å². The van der Waals surface area contributed by atoms with E-state index in [0.717, 1.165) is 16.6 Å². The summed E-state index contributed by atoms with van der Waals surface area (Å²) in [5.74, 6) is 0.986. The van der Waals surface area contributed by atoms with Crippen LogP contribution in [0.4, 0.5) is 5.69 Å². The smallest absolute Gasteiger partial charge is 0.322 e. The summed E-state index contributed by atoms with van der Waals surface area (Å²) in [5, 5.41) is 0.667. The van der Waals surface area contributed by atoms with Gasteiger partial charge in [-0.05, 0) is 40.4 Å². The third-order valence-corrected chi connectivity index (χ3v) is 5.44. The molecule has 1 heterocycles. The Labute approximate surface area is 159 Å². The molecule has 1 aliphatic carbocycles. The van der Waals surface area contributed by atoms with Crippen molar-refractivity contribution >= 4 is 44.8 Å². The van der Waals surface area contributed by atoms with Crippen LogP contribution in [-0.2, 0) is 6.42 Å². The van der Waals surface area contributed by atoms with E-state index in [-0.39, 0.29) is 6.01 Å². The fraction of sp³-hybridized carbons (Fsp3) is 0.412. The van der Waals surface area contributed by atoms with Gasteiger partial charge < -0.3 is 10.5 Å². The Morgan fingerprint density at radius 1 is 1.17 bits per heavy atom. The molecule has 1 saturated carbocycles. The molecular weight excluding hydrogens is 413 g/mol. The predicted octanol–water partition coefficient (Wildman–Crippen LogP) is 6.04. The molecule has 4 nitrogen and oxygen atoms in total. The van der Waals surface area contributed by atoms with Gasteiger partial charge in [0.1, 0.15) is 0 Å². The van der Waals surface area contributed by atoms with Crippen LogP contribution in [0.1, 0.15) is 37.8 Å². The van der Waals surface area contributed by atoms with Gasteiger partial charge in [0.25, 0.3) is 0 Å². The summed E-state index contributed by atoms with van der Waals surface area (Å²) >= 11 is 15.8. The Morgan fingerprint density at radius 3 is 2.50 bits per heavy atom. The molecule has 1 fully saturated rings. The molecule has 0 atom stereocenters. The number of anilines is 1. The average molecular weight is 431 g/mol. The van der Waals surface area contributed by atoms with Crippen molar-refractivity contribution in [2.45, 2.75) is 38.5 Å². The fourth-order valence-electron chi connectivity index (χ4n) is 3.01. The summed E-state index contributed by atoms with van der Waals surface area (Å²) in [6.45, 7) is 0. The molecule has 0 spiro atoms. The zero-order chi connectivity index (χ0) is 17.1. The molecule has 7 heteroatoms. The first-order valence-corrected chi connectivity index (χ1v) is 9.51. The summed E-state index contributed by atoms with van der Waals surface area (Å²) in [7, 11) is 0. The van der Waals surface area contributed by atoms with Gasteiger partial charge >= 0.3 is 6.01 Å². The topological polar surface area (TPSA) is 61.0 Å². The molecule has 0 unspecified atom stereocenters. The lowest BCUT2D eigenvalue weighted by atomic mass is 9.86. The van der Waals surface area contributed by atoms with Gasteiger partial charge in [-0.3, -0.25) is 0 Å². The molecule has 24 heavy (non-hydrogen) atoms. The number of aromatic nitrogens is 2. The van der Waals surface area contributed by atoms with Gasteiger partial charge in [0, 0.05) is 11.9 Å². The molecule has 0 amide bonds. The molecule has 0 saturated heterocycles. The van der Waals surface area contributed by atoms with E-state index < -0.39 is 0 Å². The zero-order valence-electron chi connectivity index (χ0n) is 13.1. The molecule has 1 aromatic heterocycles. The quantitative estimate of drug-likeness (QED) is 0.600. The van der Waals surface area contributed by atoms with Crippen molar-refractivity contribution in [3.8, 4) is 11.8 Å². The molecule has 2 N–H and O–H groups in total. The van der Waals surface area contributed by atoms with Gasteiger partial charge in [0.05, 0.1) is 20.2 Å². The molecule has 3 rings (SSSR count). The summed E-state index contributed by atoms with van der Waals surface area (Å²) in [5.41, 5.74) is 7.14. The highest BCUT2D eigenvalue weighted by atomic mass is 79.9. The Balaban J connectivity index is 1.80. The van der Waals surface area contributed by atoms with Crippen LogP contribution >= 0.6 is 39.1 Å². The second-order valence-corrected chi connectivity index (χ2v) is 7.74. The monoisotopic (exact) mass is 429 g/mol. The van der Waals surface area contributed by atoms with Gasteiger partial charge in [-0.15, -0.1) is 0 Å². The Bertz CT molecular complexity index is 713. The van der Waals surface area contributed by atoms with Gasteiger partial charge in [-0.2, -0.15) is 4.98 Å². The number of hydrogen-bond acceptors (Lipinski definition) is 4. The summed E-state index contributed by atoms with van der Waals surface area (Å²) in [6, 6.07) is 3.41. The number of halogens is 3. The van der Waals surface area contributed by atoms with E-state index in [4.69, 9.17) is 33.7 Å². The summed E-state index contributed by atoms with van der Waals surface area (Å²) < 4.78 is 6.62. The maximum Gasteiger partial charge on any atom is 0.322 e. The van der Waals surface area contributed by atoms with Gasteiger partial charge in [-0.1, -0.05) is 55.3 Å². The van der Waals surface area contributed by atoms with Crippen LogP contribution in [0.25, 0.3) is 0 Å².